The molecule has 0 aromatic rings. The molecule has 3 atom stereocenters. The summed E-state index contributed by atoms with van der Waals surface area (Å²) in [7, 11) is 1.33. The number of hydrogen-bond donors (Lipinski definition) is 2. The molecule has 0 aromatic carbocycles. The molecule has 0 spiro atoms. The van der Waals surface area contributed by atoms with E-state index in [1.807, 2.05) is 0 Å². The lowest BCUT2D eigenvalue weighted by Gasteiger charge is -2.20. The molecule has 6 heteroatoms. The van der Waals surface area contributed by atoms with Gasteiger partial charge in [-0.3, -0.25) is 0 Å². The van der Waals surface area contributed by atoms with Gasteiger partial charge in [0, 0.05) is 6.04 Å². The normalized spacial score (nSPS) is 18.7. The molecule has 13 heavy (non-hydrogen) atoms. The first-order valence-corrected chi connectivity index (χ1v) is 3.94. The molecule has 0 amide bonds. The van der Waals surface area contributed by atoms with Gasteiger partial charge in [-0.2, -0.15) is 0 Å². The number of nitrogens with one attached hydrogen (secondary N) is 1. The maximum absolute atomic E-state index is 12.5. The van der Waals surface area contributed by atoms with E-state index < -0.39 is 31.4 Å². The first-order valence-electron chi connectivity index (χ1n) is 3.94. The van der Waals surface area contributed by atoms with Crippen LogP contribution in [0.1, 0.15) is 6.42 Å². The summed E-state index contributed by atoms with van der Waals surface area (Å²) in [6, 6.07) is -2.36. The molecular weight excluding hydrogens is 188 g/mol. The van der Waals surface area contributed by atoms with Crippen molar-refractivity contribution in [3.05, 3.63) is 0 Å². The summed E-state index contributed by atoms with van der Waals surface area (Å²) < 4.78 is 48.4. The molecule has 0 aliphatic heterocycles. The zero-order chi connectivity index (χ0) is 10.4. The zero-order valence-corrected chi connectivity index (χ0v) is 7.31. The summed E-state index contributed by atoms with van der Waals surface area (Å²) in [4.78, 5) is 0. The van der Waals surface area contributed by atoms with Gasteiger partial charge < -0.3 is 11.1 Å². The van der Waals surface area contributed by atoms with Crippen LogP contribution in [0.15, 0.2) is 0 Å². The van der Waals surface area contributed by atoms with Gasteiger partial charge in [0.05, 0.1) is 6.04 Å². The average Bonchev–Trinajstić information content (AvgIpc) is 2.11. The summed E-state index contributed by atoms with van der Waals surface area (Å²) in [5.41, 5.74) is 5.15. The number of hydrogen-bond acceptors (Lipinski definition) is 2. The number of rotatable bonds is 6. The molecule has 0 saturated carbocycles. The van der Waals surface area contributed by atoms with Crippen molar-refractivity contribution < 1.29 is 17.6 Å². The minimum absolute atomic E-state index is 0.279. The quantitative estimate of drug-likeness (QED) is 0.627. The molecule has 0 aromatic heterocycles. The van der Waals surface area contributed by atoms with E-state index in [-0.39, 0.29) is 6.42 Å². The van der Waals surface area contributed by atoms with E-state index in [2.05, 4.69) is 5.32 Å². The van der Waals surface area contributed by atoms with Crippen LogP contribution in [0.5, 0.6) is 0 Å². The van der Waals surface area contributed by atoms with Crippen LogP contribution in [-0.2, 0) is 0 Å². The largest absolute Gasteiger partial charge is 0.325 e. The molecule has 0 radical (unpaired) electrons. The second-order valence-electron chi connectivity index (χ2n) is 2.80. The molecule has 0 heterocycles. The minimum atomic E-state index is -2.62. The molecule has 2 nitrogen and oxygen atoms in total. The molecule has 80 valence electrons. The minimum Gasteiger partial charge on any atom is -0.325 e. The lowest BCUT2D eigenvalue weighted by molar-refractivity contribution is 0.0860. The summed E-state index contributed by atoms with van der Waals surface area (Å²) in [6.07, 6.45) is -4.77. The van der Waals surface area contributed by atoms with E-state index in [0.29, 0.717) is 0 Å². The molecule has 3 N–H and O–H groups in total. The van der Waals surface area contributed by atoms with E-state index in [4.69, 9.17) is 5.73 Å². The van der Waals surface area contributed by atoms with Gasteiger partial charge >= 0.3 is 0 Å². The van der Waals surface area contributed by atoms with Gasteiger partial charge in [-0.05, 0) is 13.5 Å². The summed E-state index contributed by atoms with van der Waals surface area (Å²) >= 11 is 0. The van der Waals surface area contributed by atoms with Crippen LogP contribution in [0.25, 0.3) is 0 Å². The van der Waals surface area contributed by atoms with Crippen molar-refractivity contribution in [3.63, 3.8) is 0 Å². The molecule has 0 saturated heterocycles. The molecule has 3 unspecified atom stereocenters. The first kappa shape index (κ1) is 12.6. The number of alkyl halides is 4. The number of nitrogens with two attached hydrogens (primary N) is 1. The van der Waals surface area contributed by atoms with Crippen LogP contribution in [0.2, 0.25) is 0 Å². The SMILES string of the molecule is CNC(CC(N)C(F)CF)C(F)F. The van der Waals surface area contributed by atoms with Crippen LogP contribution in [0.3, 0.4) is 0 Å². The van der Waals surface area contributed by atoms with Gasteiger partial charge in [0.25, 0.3) is 6.43 Å². The van der Waals surface area contributed by atoms with Crippen molar-refractivity contribution in [2.75, 3.05) is 13.7 Å². The van der Waals surface area contributed by atoms with Gasteiger partial charge in [-0.15, -0.1) is 0 Å². The predicted octanol–water partition coefficient (Wildman–Crippen LogP) is 0.864. The first-order chi connectivity index (χ1) is 6.02. The Balaban J connectivity index is 3.93. The van der Waals surface area contributed by atoms with Crippen molar-refractivity contribution in [1.29, 1.82) is 0 Å². The molecule has 0 aliphatic carbocycles. The summed E-state index contributed by atoms with van der Waals surface area (Å²) in [5.74, 6) is 0. The topological polar surface area (TPSA) is 38.0 Å². The number of halogens is 4. The molecule has 0 fully saturated rings. The zero-order valence-electron chi connectivity index (χ0n) is 7.31. The highest BCUT2D eigenvalue weighted by Crippen LogP contribution is 2.10. The monoisotopic (exact) mass is 202 g/mol. The Bertz CT molecular complexity index is 134. The van der Waals surface area contributed by atoms with Gasteiger partial charge in [-0.1, -0.05) is 0 Å². The van der Waals surface area contributed by atoms with Gasteiger partial charge in [0.15, 0.2) is 0 Å². The Morgan fingerprint density at radius 2 is 1.85 bits per heavy atom. The van der Waals surface area contributed by atoms with Crippen molar-refractivity contribution in [3.8, 4) is 0 Å². The maximum atomic E-state index is 12.5. The Morgan fingerprint density at radius 1 is 1.31 bits per heavy atom. The molecule has 0 aliphatic rings. The second-order valence-corrected chi connectivity index (χ2v) is 2.80. The fourth-order valence-corrected chi connectivity index (χ4v) is 0.902. The Hall–Kier alpha value is -0.360. The fourth-order valence-electron chi connectivity index (χ4n) is 0.902. The fraction of sp³-hybridized carbons (Fsp3) is 1.00. The highest BCUT2D eigenvalue weighted by atomic mass is 19.3. The van der Waals surface area contributed by atoms with Crippen LogP contribution >= 0.6 is 0 Å². The van der Waals surface area contributed by atoms with Crippen LogP contribution in [0.4, 0.5) is 17.6 Å². The van der Waals surface area contributed by atoms with Crippen LogP contribution < -0.4 is 11.1 Å². The second kappa shape index (κ2) is 6.15. The van der Waals surface area contributed by atoms with Crippen molar-refractivity contribution in [1.82, 2.24) is 5.32 Å². The van der Waals surface area contributed by atoms with E-state index in [1.165, 1.54) is 7.05 Å². The maximum Gasteiger partial charge on any atom is 0.253 e. The molecular formula is C7H14F4N2. The van der Waals surface area contributed by atoms with Gasteiger partial charge in [-0.25, -0.2) is 17.6 Å². The molecule has 0 bridgehead atoms. The van der Waals surface area contributed by atoms with Crippen LogP contribution in [-0.4, -0.2) is 38.4 Å². The third kappa shape index (κ3) is 4.42. The van der Waals surface area contributed by atoms with E-state index >= 15 is 0 Å². The van der Waals surface area contributed by atoms with Crippen molar-refractivity contribution >= 4 is 0 Å². The van der Waals surface area contributed by atoms with Gasteiger partial charge in [0.2, 0.25) is 0 Å². The third-order valence-electron chi connectivity index (χ3n) is 1.81. The van der Waals surface area contributed by atoms with Crippen molar-refractivity contribution in [2.45, 2.75) is 31.1 Å². The Labute approximate surface area is 74.5 Å². The van der Waals surface area contributed by atoms with Crippen LogP contribution in [0, 0.1) is 0 Å². The lowest BCUT2D eigenvalue weighted by atomic mass is 10.0. The Kier molecular flexibility index (Phi) is 5.98. The van der Waals surface area contributed by atoms with E-state index in [9.17, 15) is 17.6 Å². The van der Waals surface area contributed by atoms with E-state index in [0.717, 1.165) is 0 Å². The highest BCUT2D eigenvalue weighted by Gasteiger charge is 2.25. The van der Waals surface area contributed by atoms with E-state index in [1.54, 1.807) is 0 Å². The average molecular weight is 202 g/mol. The van der Waals surface area contributed by atoms with Crippen molar-refractivity contribution in [2.24, 2.45) is 5.73 Å². The predicted molar refractivity (Wildman–Crippen MR) is 42.3 cm³/mol. The lowest BCUT2D eigenvalue weighted by Crippen LogP contribution is -2.43. The summed E-state index contributed by atoms with van der Waals surface area (Å²) in [5, 5.41) is 2.29. The summed E-state index contributed by atoms with van der Waals surface area (Å²) in [6.45, 7) is -1.24. The Morgan fingerprint density at radius 3 is 2.15 bits per heavy atom. The third-order valence-corrected chi connectivity index (χ3v) is 1.81. The van der Waals surface area contributed by atoms with Gasteiger partial charge in [0.1, 0.15) is 12.8 Å². The molecule has 0 rings (SSSR count). The smallest absolute Gasteiger partial charge is 0.253 e. The standard InChI is InChI=1S/C7H14F4N2/c1-13-6(7(10)11)2-5(12)4(9)3-8/h4-7,13H,2-3,12H2,1H3. The highest BCUT2D eigenvalue weighted by molar-refractivity contribution is 4.79.